The van der Waals surface area contributed by atoms with Gasteiger partial charge in [-0.2, -0.15) is 0 Å². The van der Waals surface area contributed by atoms with Crippen molar-refractivity contribution >= 4 is 0 Å². The van der Waals surface area contributed by atoms with Crippen LogP contribution in [0.1, 0.15) is 23.9 Å². The fourth-order valence-corrected chi connectivity index (χ4v) is 2.10. The number of aryl methyl sites for hydroxylation is 1. The van der Waals surface area contributed by atoms with Crippen LogP contribution >= 0.6 is 0 Å². The minimum Gasteiger partial charge on any atom is -0.497 e. The molecule has 0 bridgehead atoms. The second-order valence-electron chi connectivity index (χ2n) is 4.82. The highest BCUT2D eigenvalue weighted by atomic mass is 16.5. The molecule has 0 aliphatic heterocycles. The maximum atomic E-state index is 5.92. The summed E-state index contributed by atoms with van der Waals surface area (Å²) in [6.07, 6.45) is 0. The Bertz CT molecular complexity index is 585. The summed E-state index contributed by atoms with van der Waals surface area (Å²) >= 11 is 0. The number of pyridine rings is 1. The van der Waals surface area contributed by atoms with E-state index >= 15 is 0 Å². The van der Waals surface area contributed by atoms with Crippen LogP contribution in [0.25, 0.3) is 0 Å². The van der Waals surface area contributed by atoms with Crippen molar-refractivity contribution in [1.82, 2.24) is 10.3 Å². The van der Waals surface area contributed by atoms with Crippen LogP contribution in [0.4, 0.5) is 0 Å². The lowest BCUT2D eigenvalue weighted by molar-refractivity contribution is 0.296. The fourth-order valence-electron chi connectivity index (χ4n) is 2.10. The SMILES string of the molecule is CCNCc1ccccc1OCc1cc(OC)cc(C)n1. The third-order valence-electron chi connectivity index (χ3n) is 3.13. The quantitative estimate of drug-likeness (QED) is 0.849. The molecule has 0 saturated carbocycles. The number of hydrogen-bond acceptors (Lipinski definition) is 4. The van der Waals surface area contributed by atoms with E-state index in [0.29, 0.717) is 6.61 Å². The van der Waals surface area contributed by atoms with Crippen molar-refractivity contribution in [3.63, 3.8) is 0 Å². The van der Waals surface area contributed by atoms with Gasteiger partial charge in [0.05, 0.1) is 12.8 Å². The number of benzene rings is 1. The van der Waals surface area contributed by atoms with Gasteiger partial charge < -0.3 is 14.8 Å². The van der Waals surface area contributed by atoms with Crippen molar-refractivity contribution in [3.05, 3.63) is 53.3 Å². The first-order valence-corrected chi connectivity index (χ1v) is 7.16. The molecule has 0 aliphatic carbocycles. The predicted octanol–water partition coefficient (Wildman–Crippen LogP) is 3.09. The molecular formula is C17H22N2O2. The molecule has 2 rings (SSSR count). The zero-order chi connectivity index (χ0) is 15.1. The van der Waals surface area contributed by atoms with Crippen LogP contribution in [0, 0.1) is 6.92 Å². The number of nitrogens with one attached hydrogen (secondary N) is 1. The second-order valence-corrected chi connectivity index (χ2v) is 4.82. The lowest BCUT2D eigenvalue weighted by atomic mass is 10.2. The minimum absolute atomic E-state index is 0.432. The highest BCUT2D eigenvalue weighted by molar-refractivity contribution is 5.33. The summed E-state index contributed by atoms with van der Waals surface area (Å²) in [5.41, 5.74) is 2.94. The minimum atomic E-state index is 0.432. The van der Waals surface area contributed by atoms with Gasteiger partial charge in [0.1, 0.15) is 18.1 Å². The molecule has 4 heteroatoms. The van der Waals surface area contributed by atoms with Gasteiger partial charge in [-0.05, 0) is 19.5 Å². The zero-order valence-electron chi connectivity index (χ0n) is 12.8. The van der Waals surface area contributed by atoms with Gasteiger partial charge in [-0.15, -0.1) is 0 Å². The Kier molecular flexibility index (Phi) is 5.58. The molecule has 112 valence electrons. The van der Waals surface area contributed by atoms with Gasteiger partial charge in [0.25, 0.3) is 0 Å². The Hall–Kier alpha value is -2.07. The van der Waals surface area contributed by atoms with Gasteiger partial charge in [-0.25, -0.2) is 0 Å². The highest BCUT2D eigenvalue weighted by Gasteiger charge is 2.05. The number of nitrogens with zero attached hydrogens (tertiary/aromatic N) is 1. The first-order valence-electron chi connectivity index (χ1n) is 7.16. The van der Waals surface area contributed by atoms with Crippen LogP contribution in [-0.4, -0.2) is 18.6 Å². The number of ether oxygens (including phenoxy) is 2. The molecule has 0 saturated heterocycles. The zero-order valence-corrected chi connectivity index (χ0v) is 12.8. The van der Waals surface area contributed by atoms with Crippen LogP contribution in [0.3, 0.4) is 0 Å². The van der Waals surface area contributed by atoms with E-state index < -0.39 is 0 Å². The Morgan fingerprint density at radius 3 is 2.76 bits per heavy atom. The van der Waals surface area contributed by atoms with E-state index in [1.165, 1.54) is 0 Å². The summed E-state index contributed by atoms with van der Waals surface area (Å²) in [5, 5.41) is 3.31. The first-order chi connectivity index (χ1) is 10.2. The molecule has 0 radical (unpaired) electrons. The van der Waals surface area contributed by atoms with Gasteiger partial charge in [-0.1, -0.05) is 25.1 Å². The van der Waals surface area contributed by atoms with E-state index in [1.807, 2.05) is 37.3 Å². The van der Waals surface area contributed by atoms with Crippen molar-refractivity contribution in [2.24, 2.45) is 0 Å². The standard InChI is InChI=1S/C17H22N2O2/c1-4-18-11-14-7-5-6-8-17(14)21-12-15-10-16(20-3)9-13(2)19-15/h5-10,18H,4,11-12H2,1-3H3. The molecule has 1 heterocycles. The predicted molar refractivity (Wildman–Crippen MR) is 83.7 cm³/mol. The topological polar surface area (TPSA) is 43.4 Å². The van der Waals surface area contributed by atoms with E-state index in [9.17, 15) is 0 Å². The van der Waals surface area contributed by atoms with E-state index in [-0.39, 0.29) is 0 Å². The molecule has 4 nitrogen and oxygen atoms in total. The van der Waals surface area contributed by atoms with Gasteiger partial charge in [0.2, 0.25) is 0 Å². The molecular weight excluding hydrogens is 264 g/mol. The molecule has 0 atom stereocenters. The molecule has 2 aromatic rings. The van der Waals surface area contributed by atoms with Crippen molar-refractivity contribution < 1.29 is 9.47 Å². The molecule has 0 aliphatic rings. The third kappa shape index (κ3) is 4.46. The smallest absolute Gasteiger partial charge is 0.130 e. The highest BCUT2D eigenvalue weighted by Crippen LogP contribution is 2.20. The maximum Gasteiger partial charge on any atom is 0.130 e. The van der Waals surface area contributed by atoms with Crippen molar-refractivity contribution in [3.8, 4) is 11.5 Å². The van der Waals surface area contributed by atoms with Crippen LogP contribution in [-0.2, 0) is 13.2 Å². The molecule has 0 spiro atoms. The summed E-state index contributed by atoms with van der Waals surface area (Å²) < 4.78 is 11.2. The normalized spacial score (nSPS) is 10.4. The van der Waals surface area contributed by atoms with E-state index in [1.54, 1.807) is 7.11 Å². The summed E-state index contributed by atoms with van der Waals surface area (Å²) in [7, 11) is 1.66. The number of methoxy groups -OCH3 is 1. The van der Waals surface area contributed by atoms with Crippen LogP contribution in [0.5, 0.6) is 11.5 Å². The number of rotatable bonds is 7. The molecule has 1 aromatic carbocycles. The average molecular weight is 286 g/mol. The number of hydrogen-bond donors (Lipinski definition) is 1. The fraction of sp³-hybridized carbons (Fsp3) is 0.353. The molecule has 21 heavy (non-hydrogen) atoms. The van der Waals surface area contributed by atoms with Gasteiger partial charge >= 0.3 is 0 Å². The van der Waals surface area contributed by atoms with Crippen LogP contribution < -0.4 is 14.8 Å². The van der Waals surface area contributed by atoms with Crippen LogP contribution in [0.2, 0.25) is 0 Å². The summed E-state index contributed by atoms with van der Waals surface area (Å²) in [6.45, 7) is 6.21. The first kappa shape index (κ1) is 15.3. The average Bonchev–Trinajstić information content (AvgIpc) is 2.51. The van der Waals surface area contributed by atoms with E-state index in [0.717, 1.165) is 41.5 Å². The molecule has 0 fully saturated rings. The summed E-state index contributed by atoms with van der Waals surface area (Å²) in [5.74, 6) is 1.70. The van der Waals surface area contributed by atoms with Gasteiger partial charge in [0, 0.05) is 29.9 Å². The summed E-state index contributed by atoms with van der Waals surface area (Å²) in [6, 6.07) is 11.9. The monoisotopic (exact) mass is 286 g/mol. The Morgan fingerprint density at radius 1 is 1.19 bits per heavy atom. The van der Waals surface area contributed by atoms with Crippen molar-refractivity contribution in [1.29, 1.82) is 0 Å². The van der Waals surface area contributed by atoms with E-state index in [2.05, 4.69) is 23.3 Å². The largest absolute Gasteiger partial charge is 0.497 e. The van der Waals surface area contributed by atoms with Gasteiger partial charge in [0.15, 0.2) is 0 Å². The second kappa shape index (κ2) is 7.64. The number of para-hydroxylation sites is 1. The van der Waals surface area contributed by atoms with Gasteiger partial charge in [-0.3, -0.25) is 4.98 Å². The lowest BCUT2D eigenvalue weighted by Gasteiger charge is -2.12. The van der Waals surface area contributed by atoms with Crippen molar-refractivity contribution in [2.45, 2.75) is 27.0 Å². The van der Waals surface area contributed by atoms with Crippen molar-refractivity contribution in [2.75, 3.05) is 13.7 Å². The van der Waals surface area contributed by atoms with Crippen LogP contribution in [0.15, 0.2) is 36.4 Å². The molecule has 0 amide bonds. The molecule has 1 aromatic heterocycles. The summed E-state index contributed by atoms with van der Waals surface area (Å²) in [4.78, 5) is 4.47. The Morgan fingerprint density at radius 2 is 2.00 bits per heavy atom. The third-order valence-corrected chi connectivity index (χ3v) is 3.13. The molecule has 0 unspecified atom stereocenters. The Labute approximate surface area is 126 Å². The number of aromatic nitrogens is 1. The lowest BCUT2D eigenvalue weighted by Crippen LogP contribution is -2.13. The maximum absolute atomic E-state index is 5.92. The Balaban J connectivity index is 2.07. The van der Waals surface area contributed by atoms with E-state index in [4.69, 9.17) is 9.47 Å². The molecule has 1 N–H and O–H groups in total.